The van der Waals surface area contributed by atoms with Crippen LogP contribution in [0.2, 0.25) is 0 Å². The molecule has 0 saturated carbocycles. The summed E-state index contributed by atoms with van der Waals surface area (Å²) < 4.78 is 34.7. The highest BCUT2D eigenvalue weighted by Gasteiger charge is 2.34. The Hall–Kier alpha value is -4.86. The van der Waals surface area contributed by atoms with Gasteiger partial charge >= 0.3 is 12.0 Å². The topological polar surface area (TPSA) is 107 Å². The first-order valence-electron chi connectivity index (χ1n) is 11.5. The fraction of sp³-hybridized carbons (Fsp3) is 0.179. The number of imide groups is 1. The van der Waals surface area contributed by atoms with Gasteiger partial charge < -0.3 is 23.9 Å². The largest absolute Gasteiger partial charge is 0.493 e. The number of allylic oxidation sites excluding steroid dienone is 1. The molecule has 0 atom stereocenters. The van der Waals surface area contributed by atoms with Crippen LogP contribution in [0.3, 0.4) is 0 Å². The van der Waals surface area contributed by atoms with Gasteiger partial charge in [-0.05, 0) is 60.0 Å². The Bertz CT molecular complexity index is 1410. The van der Waals surface area contributed by atoms with Crippen molar-refractivity contribution in [1.29, 1.82) is 0 Å². The summed E-state index contributed by atoms with van der Waals surface area (Å²) in [5.41, 5.74) is 2.16. The Morgan fingerprint density at radius 3 is 2.58 bits per heavy atom. The fourth-order valence-electron chi connectivity index (χ4n) is 3.84. The van der Waals surface area contributed by atoms with E-state index < -0.39 is 17.9 Å². The first-order chi connectivity index (χ1) is 18.3. The van der Waals surface area contributed by atoms with Crippen molar-refractivity contribution in [2.24, 2.45) is 0 Å². The Kier molecular flexibility index (Phi) is 7.91. The Labute approximate surface area is 218 Å². The number of methoxy groups -OCH3 is 2. The molecule has 9 nitrogen and oxygen atoms in total. The second-order valence-corrected chi connectivity index (χ2v) is 8.26. The highest BCUT2D eigenvalue weighted by Crippen LogP contribution is 2.35. The average Bonchev–Trinajstić information content (AvgIpc) is 3.49. The summed E-state index contributed by atoms with van der Waals surface area (Å²) in [4.78, 5) is 38.1. The molecule has 1 saturated heterocycles. The molecule has 38 heavy (non-hydrogen) atoms. The van der Waals surface area contributed by atoms with E-state index in [1.54, 1.807) is 30.3 Å². The minimum Gasteiger partial charge on any atom is -0.493 e. The van der Waals surface area contributed by atoms with E-state index in [1.165, 1.54) is 44.6 Å². The van der Waals surface area contributed by atoms with Gasteiger partial charge in [-0.2, -0.15) is 0 Å². The van der Waals surface area contributed by atoms with Crippen LogP contribution in [-0.2, 0) is 29.1 Å². The lowest BCUT2D eigenvalue weighted by Gasteiger charge is -2.16. The maximum absolute atomic E-state index is 13.2. The van der Waals surface area contributed by atoms with E-state index in [0.717, 1.165) is 16.0 Å². The zero-order chi connectivity index (χ0) is 27.2. The number of rotatable bonds is 10. The number of halogens is 1. The number of carbonyl (C=O) groups excluding carboxylic acids is 3. The molecular weight excluding hydrogens is 495 g/mol. The summed E-state index contributed by atoms with van der Waals surface area (Å²) >= 11 is 0. The summed E-state index contributed by atoms with van der Waals surface area (Å²) in [6.07, 6.45) is 3.67. The molecule has 1 aliphatic rings. The van der Waals surface area contributed by atoms with Gasteiger partial charge in [0, 0.05) is 5.56 Å². The van der Waals surface area contributed by atoms with E-state index in [2.05, 4.69) is 16.6 Å². The minimum absolute atomic E-state index is 0.0334. The first kappa shape index (κ1) is 26.2. The molecule has 3 aromatic rings. The van der Waals surface area contributed by atoms with E-state index in [-0.39, 0.29) is 36.2 Å². The van der Waals surface area contributed by atoms with Crippen molar-refractivity contribution >= 4 is 24.0 Å². The second kappa shape index (κ2) is 11.5. The Balaban J connectivity index is 1.56. The van der Waals surface area contributed by atoms with Crippen LogP contribution in [-0.4, -0.2) is 37.0 Å². The molecule has 3 amide bonds. The van der Waals surface area contributed by atoms with Crippen molar-refractivity contribution in [2.75, 3.05) is 14.2 Å². The van der Waals surface area contributed by atoms with Crippen molar-refractivity contribution in [3.63, 3.8) is 0 Å². The predicted octanol–water partition coefficient (Wildman–Crippen LogP) is 4.61. The molecule has 0 bridgehead atoms. The Morgan fingerprint density at radius 1 is 1.13 bits per heavy atom. The van der Waals surface area contributed by atoms with Crippen LogP contribution in [0, 0.1) is 5.82 Å². The molecule has 1 aromatic heterocycles. The number of urea groups is 1. The standard InChI is InChI=1S/C28H25FN2O7/c1-4-5-19-12-18(14-24(35-2)25(19)37-16-17-6-8-20(29)9-7-17)13-22-26(32)31(28(34)30-22)15-21-10-11-23(38-21)27(33)36-3/h4,6-14H,1,5,15-16H2,2-3H3,(H,30,34)/b22-13-. The van der Waals surface area contributed by atoms with Gasteiger partial charge in [0.1, 0.15) is 23.9 Å². The summed E-state index contributed by atoms with van der Waals surface area (Å²) in [5, 5.41) is 2.56. The number of furan rings is 1. The summed E-state index contributed by atoms with van der Waals surface area (Å²) in [6.45, 7) is 3.82. The van der Waals surface area contributed by atoms with Gasteiger partial charge in [-0.3, -0.25) is 9.69 Å². The SMILES string of the molecule is C=CCc1cc(/C=C2\NC(=O)N(Cc3ccc(C(=O)OC)o3)C2=O)cc(OC)c1OCc1ccc(F)cc1. The van der Waals surface area contributed by atoms with Crippen LogP contribution < -0.4 is 14.8 Å². The summed E-state index contributed by atoms with van der Waals surface area (Å²) in [5.74, 6) is -0.449. The average molecular weight is 521 g/mol. The van der Waals surface area contributed by atoms with Crippen molar-refractivity contribution < 1.29 is 37.4 Å². The molecule has 10 heteroatoms. The third-order valence-electron chi connectivity index (χ3n) is 5.67. The zero-order valence-corrected chi connectivity index (χ0v) is 20.8. The molecule has 0 radical (unpaired) electrons. The van der Waals surface area contributed by atoms with Crippen molar-refractivity contribution in [3.05, 3.63) is 101 Å². The molecule has 0 unspecified atom stereocenters. The van der Waals surface area contributed by atoms with Crippen molar-refractivity contribution in [2.45, 2.75) is 19.6 Å². The van der Waals surface area contributed by atoms with Gasteiger partial charge in [0.15, 0.2) is 11.5 Å². The second-order valence-electron chi connectivity index (χ2n) is 8.26. The van der Waals surface area contributed by atoms with Gasteiger partial charge in [0.2, 0.25) is 5.76 Å². The molecule has 1 aliphatic heterocycles. The molecule has 2 heterocycles. The Morgan fingerprint density at radius 2 is 1.89 bits per heavy atom. The van der Waals surface area contributed by atoms with Crippen molar-refractivity contribution in [3.8, 4) is 11.5 Å². The van der Waals surface area contributed by atoms with Gasteiger partial charge in [0.25, 0.3) is 5.91 Å². The third-order valence-corrected chi connectivity index (χ3v) is 5.67. The minimum atomic E-state index is -0.664. The normalized spacial score (nSPS) is 14.0. The van der Waals surface area contributed by atoms with Gasteiger partial charge in [-0.15, -0.1) is 6.58 Å². The molecule has 1 fully saturated rings. The third kappa shape index (κ3) is 5.75. The lowest BCUT2D eigenvalue weighted by atomic mass is 10.0. The van der Waals surface area contributed by atoms with Crippen LogP contribution in [0.15, 0.2) is 71.3 Å². The number of esters is 1. The summed E-state index contributed by atoms with van der Waals surface area (Å²) in [7, 11) is 2.71. The number of carbonyl (C=O) groups is 3. The number of amides is 3. The number of ether oxygens (including phenoxy) is 3. The fourth-order valence-corrected chi connectivity index (χ4v) is 3.84. The van der Waals surface area contributed by atoms with Gasteiger partial charge in [-0.25, -0.2) is 14.0 Å². The van der Waals surface area contributed by atoms with Crippen LogP contribution >= 0.6 is 0 Å². The molecule has 2 aromatic carbocycles. The van der Waals surface area contributed by atoms with Crippen LogP contribution in [0.4, 0.5) is 9.18 Å². The number of nitrogens with zero attached hydrogens (tertiary/aromatic N) is 1. The van der Waals surface area contributed by atoms with E-state index in [9.17, 15) is 18.8 Å². The highest BCUT2D eigenvalue weighted by molar-refractivity contribution is 6.13. The highest BCUT2D eigenvalue weighted by atomic mass is 19.1. The maximum Gasteiger partial charge on any atom is 0.373 e. The number of hydrogen-bond donors (Lipinski definition) is 1. The van der Waals surface area contributed by atoms with Crippen LogP contribution in [0.1, 0.15) is 33.0 Å². The molecule has 0 spiro atoms. The van der Waals surface area contributed by atoms with E-state index >= 15 is 0 Å². The predicted molar refractivity (Wildman–Crippen MR) is 135 cm³/mol. The zero-order valence-electron chi connectivity index (χ0n) is 20.8. The van der Waals surface area contributed by atoms with Crippen LogP contribution in [0.5, 0.6) is 11.5 Å². The van der Waals surface area contributed by atoms with Crippen molar-refractivity contribution in [1.82, 2.24) is 10.2 Å². The van der Waals surface area contributed by atoms with Gasteiger partial charge in [-0.1, -0.05) is 18.2 Å². The molecule has 1 N–H and O–H groups in total. The quantitative estimate of drug-likeness (QED) is 0.180. The molecule has 0 aliphatic carbocycles. The monoisotopic (exact) mass is 520 g/mol. The maximum atomic E-state index is 13.2. The first-order valence-corrected chi connectivity index (χ1v) is 11.5. The number of hydrogen-bond acceptors (Lipinski definition) is 7. The van der Waals surface area contributed by atoms with E-state index in [4.69, 9.17) is 13.9 Å². The van der Waals surface area contributed by atoms with Gasteiger partial charge in [0.05, 0.1) is 20.8 Å². The lowest BCUT2D eigenvalue weighted by molar-refractivity contribution is -0.123. The smallest absolute Gasteiger partial charge is 0.373 e. The van der Waals surface area contributed by atoms with Crippen LogP contribution in [0.25, 0.3) is 6.08 Å². The number of benzene rings is 2. The summed E-state index contributed by atoms with van der Waals surface area (Å²) in [6, 6.07) is 11.7. The number of nitrogens with one attached hydrogen (secondary N) is 1. The molecule has 196 valence electrons. The lowest BCUT2D eigenvalue weighted by Crippen LogP contribution is -2.30. The molecular formula is C28H25FN2O7. The van der Waals surface area contributed by atoms with E-state index in [0.29, 0.717) is 23.5 Å². The molecule has 4 rings (SSSR count). The van der Waals surface area contributed by atoms with E-state index in [1.807, 2.05) is 0 Å².